The minimum Gasteiger partial charge on any atom is -0.497 e. The monoisotopic (exact) mass is 201 g/mol. The normalized spacial score (nSPS) is 9.93. The van der Waals surface area contributed by atoms with Gasteiger partial charge in [0.05, 0.1) is 24.7 Å². The van der Waals surface area contributed by atoms with Crippen molar-refractivity contribution in [1.29, 1.82) is 0 Å². The first-order valence-electron chi connectivity index (χ1n) is 4.52. The van der Waals surface area contributed by atoms with Gasteiger partial charge in [0.1, 0.15) is 5.75 Å². The largest absolute Gasteiger partial charge is 0.497 e. The molecule has 0 amide bonds. The summed E-state index contributed by atoms with van der Waals surface area (Å²) in [6.07, 6.45) is 3.38. The zero-order chi connectivity index (χ0) is 10.7. The Morgan fingerprint density at radius 2 is 2.07 bits per heavy atom. The van der Waals surface area contributed by atoms with Crippen LogP contribution < -0.4 is 4.74 Å². The van der Waals surface area contributed by atoms with Gasteiger partial charge < -0.3 is 4.74 Å². The van der Waals surface area contributed by atoms with E-state index in [0.29, 0.717) is 0 Å². The molecule has 2 aromatic rings. The summed E-state index contributed by atoms with van der Waals surface area (Å²) in [5, 5.41) is 7.79. The van der Waals surface area contributed by atoms with Crippen molar-refractivity contribution in [3.8, 4) is 11.4 Å². The smallest absolute Gasteiger partial charge is 0.119 e. The van der Waals surface area contributed by atoms with E-state index in [-0.39, 0.29) is 0 Å². The van der Waals surface area contributed by atoms with E-state index in [1.165, 1.54) is 0 Å². The van der Waals surface area contributed by atoms with Crippen LogP contribution >= 0.6 is 0 Å². The van der Waals surface area contributed by atoms with Crippen LogP contribution in [0.3, 0.4) is 0 Å². The maximum atomic E-state index is 5.08. The minimum absolute atomic E-state index is 0.819. The van der Waals surface area contributed by atoms with Gasteiger partial charge in [-0.25, -0.2) is 4.68 Å². The predicted octanol–water partition coefficient (Wildman–Crippen LogP) is 1.92. The van der Waals surface area contributed by atoms with Crippen LogP contribution in [0.1, 0.15) is 5.69 Å². The van der Waals surface area contributed by atoms with Gasteiger partial charge in [0.25, 0.3) is 0 Å². The Morgan fingerprint density at radius 1 is 1.33 bits per heavy atom. The van der Waals surface area contributed by atoms with Crippen molar-refractivity contribution >= 4 is 6.08 Å². The summed E-state index contributed by atoms with van der Waals surface area (Å²) < 4.78 is 6.79. The van der Waals surface area contributed by atoms with E-state index in [0.717, 1.165) is 17.1 Å². The van der Waals surface area contributed by atoms with Crippen LogP contribution in [0.25, 0.3) is 11.8 Å². The molecule has 0 aliphatic heterocycles. The van der Waals surface area contributed by atoms with Crippen LogP contribution in [-0.2, 0) is 0 Å². The topological polar surface area (TPSA) is 39.9 Å². The molecule has 0 unspecified atom stereocenters. The zero-order valence-corrected chi connectivity index (χ0v) is 8.42. The number of benzene rings is 1. The number of hydrogen-bond donors (Lipinski definition) is 0. The van der Waals surface area contributed by atoms with Gasteiger partial charge in [0.15, 0.2) is 0 Å². The van der Waals surface area contributed by atoms with Gasteiger partial charge in [-0.2, -0.15) is 0 Å². The van der Waals surface area contributed by atoms with E-state index in [1.807, 2.05) is 24.3 Å². The first kappa shape index (κ1) is 9.45. The Morgan fingerprint density at radius 3 is 2.67 bits per heavy atom. The first-order chi connectivity index (χ1) is 7.35. The van der Waals surface area contributed by atoms with Gasteiger partial charge in [-0.05, 0) is 30.3 Å². The third-order valence-corrected chi connectivity index (χ3v) is 2.10. The second-order valence-electron chi connectivity index (χ2n) is 2.97. The van der Waals surface area contributed by atoms with E-state index in [1.54, 1.807) is 24.1 Å². The highest BCUT2D eigenvalue weighted by Crippen LogP contribution is 2.15. The van der Waals surface area contributed by atoms with Gasteiger partial charge in [-0.15, -0.1) is 5.10 Å². The number of aromatic nitrogens is 3. The Balaban J connectivity index is 2.41. The maximum Gasteiger partial charge on any atom is 0.119 e. The van der Waals surface area contributed by atoms with Crippen molar-refractivity contribution in [3.05, 3.63) is 42.7 Å². The molecule has 4 nitrogen and oxygen atoms in total. The molecule has 1 heterocycles. The number of methoxy groups -OCH3 is 1. The zero-order valence-electron chi connectivity index (χ0n) is 8.42. The minimum atomic E-state index is 0.819. The molecule has 0 N–H and O–H groups in total. The molecular formula is C11H11N3O. The highest BCUT2D eigenvalue weighted by molar-refractivity contribution is 5.46. The highest BCUT2D eigenvalue weighted by atomic mass is 16.5. The second kappa shape index (κ2) is 3.96. The van der Waals surface area contributed by atoms with Gasteiger partial charge in [-0.3, -0.25) is 0 Å². The molecule has 0 spiro atoms. The lowest BCUT2D eigenvalue weighted by Gasteiger charge is -2.04. The van der Waals surface area contributed by atoms with Crippen LogP contribution in [0, 0.1) is 0 Å². The van der Waals surface area contributed by atoms with Gasteiger partial charge >= 0.3 is 0 Å². The summed E-state index contributed by atoms with van der Waals surface area (Å²) in [6, 6.07) is 7.59. The van der Waals surface area contributed by atoms with Crippen LogP contribution in [-0.4, -0.2) is 22.1 Å². The fourth-order valence-electron chi connectivity index (χ4n) is 1.31. The molecule has 15 heavy (non-hydrogen) atoms. The fraction of sp³-hybridized carbons (Fsp3) is 0.0909. The van der Waals surface area contributed by atoms with Crippen LogP contribution in [0.15, 0.2) is 37.0 Å². The average molecular weight is 201 g/mol. The molecular weight excluding hydrogens is 190 g/mol. The second-order valence-corrected chi connectivity index (χ2v) is 2.97. The number of nitrogens with zero attached hydrogens (tertiary/aromatic N) is 3. The average Bonchev–Trinajstić information content (AvgIpc) is 2.77. The van der Waals surface area contributed by atoms with E-state index in [4.69, 9.17) is 4.74 Å². The van der Waals surface area contributed by atoms with Crippen molar-refractivity contribution in [1.82, 2.24) is 15.0 Å². The summed E-state index contributed by atoms with van der Waals surface area (Å²) in [5.41, 5.74) is 1.79. The lowest BCUT2D eigenvalue weighted by molar-refractivity contribution is 0.414. The van der Waals surface area contributed by atoms with Crippen LogP contribution in [0.2, 0.25) is 0 Å². The van der Waals surface area contributed by atoms with E-state index < -0.39 is 0 Å². The Bertz CT molecular complexity index is 459. The number of rotatable bonds is 3. The van der Waals surface area contributed by atoms with E-state index >= 15 is 0 Å². The van der Waals surface area contributed by atoms with Crippen molar-refractivity contribution in [2.75, 3.05) is 7.11 Å². The van der Waals surface area contributed by atoms with Gasteiger partial charge in [0, 0.05) is 0 Å². The maximum absolute atomic E-state index is 5.08. The summed E-state index contributed by atoms with van der Waals surface area (Å²) >= 11 is 0. The lowest BCUT2D eigenvalue weighted by Crippen LogP contribution is -1.98. The fourth-order valence-corrected chi connectivity index (χ4v) is 1.31. The summed E-state index contributed by atoms with van der Waals surface area (Å²) in [6.45, 7) is 3.70. The summed E-state index contributed by atoms with van der Waals surface area (Å²) in [4.78, 5) is 0. The van der Waals surface area contributed by atoms with Crippen molar-refractivity contribution in [2.24, 2.45) is 0 Å². The molecule has 0 saturated heterocycles. The van der Waals surface area contributed by atoms with E-state index in [9.17, 15) is 0 Å². The number of hydrogen-bond acceptors (Lipinski definition) is 3. The molecule has 4 heteroatoms. The molecule has 0 bridgehead atoms. The molecule has 0 fully saturated rings. The van der Waals surface area contributed by atoms with Crippen molar-refractivity contribution in [3.63, 3.8) is 0 Å². The molecule has 1 aromatic carbocycles. The quantitative estimate of drug-likeness (QED) is 0.761. The highest BCUT2D eigenvalue weighted by Gasteiger charge is 2.02. The first-order valence-corrected chi connectivity index (χ1v) is 4.52. The third kappa shape index (κ3) is 1.74. The summed E-state index contributed by atoms with van der Waals surface area (Å²) in [7, 11) is 1.64. The molecule has 0 atom stereocenters. The van der Waals surface area contributed by atoms with Crippen LogP contribution in [0.4, 0.5) is 0 Å². The standard InChI is InChI=1S/C11H11N3O/c1-3-9-8-12-13-14(9)10-4-6-11(15-2)7-5-10/h3-8H,1H2,2H3. The molecule has 76 valence electrons. The van der Waals surface area contributed by atoms with E-state index in [2.05, 4.69) is 16.9 Å². The molecule has 0 saturated carbocycles. The molecule has 0 aliphatic carbocycles. The predicted molar refractivity (Wildman–Crippen MR) is 58.0 cm³/mol. The van der Waals surface area contributed by atoms with Crippen molar-refractivity contribution in [2.45, 2.75) is 0 Å². The number of ether oxygens (including phenoxy) is 1. The molecule has 0 radical (unpaired) electrons. The SMILES string of the molecule is C=Cc1cnnn1-c1ccc(OC)cc1. The Kier molecular flexibility index (Phi) is 2.49. The molecule has 2 rings (SSSR count). The Hall–Kier alpha value is -2.10. The lowest BCUT2D eigenvalue weighted by atomic mass is 10.3. The van der Waals surface area contributed by atoms with Crippen LogP contribution in [0.5, 0.6) is 5.75 Å². The van der Waals surface area contributed by atoms with Crippen molar-refractivity contribution < 1.29 is 4.74 Å². The van der Waals surface area contributed by atoms with Gasteiger partial charge in [-0.1, -0.05) is 11.8 Å². The Labute approximate surface area is 87.8 Å². The molecule has 0 aliphatic rings. The third-order valence-electron chi connectivity index (χ3n) is 2.10. The molecule has 1 aromatic heterocycles. The summed E-state index contributed by atoms with van der Waals surface area (Å²) in [5.74, 6) is 0.819. The van der Waals surface area contributed by atoms with Gasteiger partial charge in [0.2, 0.25) is 0 Å².